The second kappa shape index (κ2) is 6.56. The summed E-state index contributed by atoms with van der Waals surface area (Å²) in [6.07, 6.45) is 0.386. The molecule has 5 heteroatoms. The van der Waals surface area contributed by atoms with Crippen LogP contribution in [0.3, 0.4) is 0 Å². The van der Waals surface area contributed by atoms with Crippen LogP contribution in [0.1, 0.15) is 4.88 Å². The van der Waals surface area contributed by atoms with Crippen LogP contribution in [0.4, 0.5) is 4.79 Å². The van der Waals surface area contributed by atoms with Crippen molar-refractivity contribution in [2.24, 2.45) is 0 Å². The monoisotopic (exact) mass is 325 g/mol. The van der Waals surface area contributed by atoms with E-state index in [0.717, 1.165) is 10.2 Å². The minimum Gasteiger partial charge on any atom is -0.410 e. The molecular formula is C13H12BrNO2S. The molecule has 0 radical (unpaired) electrons. The molecule has 0 saturated heterocycles. The van der Waals surface area contributed by atoms with Crippen LogP contribution >= 0.6 is 27.3 Å². The van der Waals surface area contributed by atoms with Gasteiger partial charge in [-0.2, -0.15) is 0 Å². The molecule has 0 unspecified atom stereocenters. The molecule has 0 aliphatic rings. The fourth-order valence-electron chi connectivity index (χ4n) is 1.41. The molecule has 1 N–H and O–H groups in total. The van der Waals surface area contributed by atoms with Crippen molar-refractivity contribution >= 4 is 33.4 Å². The van der Waals surface area contributed by atoms with Gasteiger partial charge in [-0.3, -0.25) is 0 Å². The molecule has 0 spiro atoms. The predicted molar refractivity (Wildman–Crippen MR) is 76.2 cm³/mol. The Morgan fingerprint density at radius 1 is 1.22 bits per heavy atom. The number of amides is 1. The molecule has 1 heterocycles. The van der Waals surface area contributed by atoms with Crippen molar-refractivity contribution in [3.8, 4) is 5.75 Å². The first-order valence-electron chi connectivity index (χ1n) is 5.49. The largest absolute Gasteiger partial charge is 0.412 e. The summed E-state index contributed by atoms with van der Waals surface area (Å²) >= 11 is 5.07. The molecule has 0 bridgehead atoms. The standard InChI is InChI=1S/C13H12BrNO2S/c14-12-7-6-11(18-12)8-9-15-13(16)17-10-4-2-1-3-5-10/h1-7H,8-9H2,(H,15,16). The van der Waals surface area contributed by atoms with E-state index in [1.165, 1.54) is 4.88 Å². The first kappa shape index (κ1) is 13.1. The Morgan fingerprint density at radius 3 is 2.67 bits per heavy atom. The molecule has 1 aromatic carbocycles. The third-order valence-corrected chi connectivity index (χ3v) is 3.91. The van der Waals surface area contributed by atoms with Gasteiger partial charge in [-0.15, -0.1) is 11.3 Å². The predicted octanol–water partition coefficient (Wildman–Crippen LogP) is 3.84. The van der Waals surface area contributed by atoms with E-state index < -0.39 is 6.09 Å². The van der Waals surface area contributed by atoms with E-state index in [0.29, 0.717) is 12.3 Å². The number of halogens is 1. The van der Waals surface area contributed by atoms with E-state index in [2.05, 4.69) is 21.2 Å². The van der Waals surface area contributed by atoms with Crippen molar-refractivity contribution in [3.63, 3.8) is 0 Å². The third-order valence-electron chi connectivity index (χ3n) is 2.22. The van der Waals surface area contributed by atoms with Gasteiger partial charge in [0, 0.05) is 11.4 Å². The summed E-state index contributed by atoms with van der Waals surface area (Å²) in [6, 6.07) is 13.1. The molecule has 94 valence electrons. The average Bonchev–Trinajstić information content (AvgIpc) is 2.76. The van der Waals surface area contributed by atoms with Crippen LogP contribution in [-0.4, -0.2) is 12.6 Å². The first-order chi connectivity index (χ1) is 8.74. The second-order valence-corrected chi connectivity index (χ2v) is 6.13. The lowest BCUT2D eigenvalue weighted by Gasteiger charge is -2.05. The van der Waals surface area contributed by atoms with Crippen LogP contribution in [0.2, 0.25) is 0 Å². The Labute approximate surface area is 118 Å². The topological polar surface area (TPSA) is 38.3 Å². The summed E-state index contributed by atoms with van der Waals surface area (Å²) < 4.78 is 6.20. The number of ether oxygens (including phenoxy) is 1. The minimum atomic E-state index is -0.420. The van der Waals surface area contributed by atoms with Crippen LogP contribution in [0.5, 0.6) is 5.75 Å². The lowest BCUT2D eigenvalue weighted by Crippen LogP contribution is -2.28. The normalized spacial score (nSPS) is 10.1. The first-order valence-corrected chi connectivity index (χ1v) is 7.10. The van der Waals surface area contributed by atoms with E-state index >= 15 is 0 Å². The molecule has 2 aromatic rings. The summed E-state index contributed by atoms with van der Waals surface area (Å²) in [5.74, 6) is 0.550. The van der Waals surface area contributed by atoms with E-state index in [9.17, 15) is 4.79 Å². The van der Waals surface area contributed by atoms with E-state index in [4.69, 9.17) is 4.74 Å². The molecule has 0 saturated carbocycles. The Kier molecular flexibility index (Phi) is 4.78. The summed E-state index contributed by atoms with van der Waals surface area (Å²) in [5.41, 5.74) is 0. The SMILES string of the molecule is O=C(NCCc1ccc(Br)s1)Oc1ccccc1. The smallest absolute Gasteiger partial charge is 0.410 e. The van der Waals surface area contributed by atoms with Crippen LogP contribution in [0, 0.1) is 0 Å². The highest BCUT2D eigenvalue weighted by Gasteiger charge is 2.03. The van der Waals surface area contributed by atoms with Crippen LogP contribution < -0.4 is 10.1 Å². The molecule has 1 aromatic heterocycles. The summed E-state index contributed by atoms with van der Waals surface area (Å²) in [6.45, 7) is 0.568. The maximum Gasteiger partial charge on any atom is 0.412 e. The summed E-state index contributed by atoms with van der Waals surface area (Å²) in [7, 11) is 0. The molecule has 2 rings (SSSR count). The molecular weight excluding hydrogens is 314 g/mol. The number of benzene rings is 1. The lowest BCUT2D eigenvalue weighted by atomic mass is 10.3. The fraction of sp³-hybridized carbons (Fsp3) is 0.154. The highest BCUT2D eigenvalue weighted by molar-refractivity contribution is 9.11. The third kappa shape index (κ3) is 4.16. The van der Waals surface area contributed by atoms with E-state index in [-0.39, 0.29) is 0 Å². The Hall–Kier alpha value is -1.33. The number of carbonyl (C=O) groups excluding carboxylic acids is 1. The number of thiophene rings is 1. The van der Waals surface area contributed by atoms with Crippen LogP contribution in [-0.2, 0) is 6.42 Å². The van der Waals surface area contributed by atoms with E-state index in [1.807, 2.05) is 30.3 Å². The molecule has 3 nitrogen and oxygen atoms in total. The number of rotatable bonds is 4. The quantitative estimate of drug-likeness (QED) is 0.927. The van der Waals surface area contributed by atoms with E-state index in [1.54, 1.807) is 23.5 Å². The van der Waals surface area contributed by atoms with Gasteiger partial charge < -0.3 is 10.1 Å². The van der Waals surface area contributed by atoms with Gasteiger partial charge in [-0.1, -0.05) is 18.2 Å². The zero-order valence-corrected chi connectivity index (χ0v) is 12.0. The number of carbonyl (C=O) groups is 1. The number of para-hydroxylation sites is 1. The van der Waals surface area contributed by atoms with Crippen molar-refractivity contribution in [2.75, 3.05) is 6.54 Å². The summed E-state index contributed by atoms with van der Waals surface area (Å²) in [5, 5.41) is 2.72. The Morgan fingerprint density at radius 2 is 2.00 bits per heavy atom. The fourth-order valence-corrected chi connectivity index (χ4v) is 2.89. The maximum atomic E-state index is 11.5. The van der Waals surface area contributed by atoms with Gasteiger partial charge in [0.05, 0.1) is 3.79 Å². The lowest BCUT2D eigenvalue weighted by molar-refractivity contribution is 0.200. The zero-order chi connectivity index (χ0) is 12.8. The van der Waals surface area contributed by atoms with Crippen molar-refractivity contribution in [2.45, 2.75) is 6.42 Å². The number of nitrogens with one attached hydrogen (secondary N) is 1. The van der Waals surface area contributed by atoms with Gasteiger partial charge in [0.25, 0.3) is 0 Å². The molecule has 0 atom stereocenters. The second-order valence-electron chi connectivity index (χ2n) is 3.59. The highest BCUT2D eigenvalue weighted by Crippen LogP contribution is 2.22. The molecule has 0 fully saturated rings. The molecule has 0 aliphatic heterocycles. The Balaban J connectivity index is 1.72. The average molecular weight is 326 g/mol. The maximum absolute atomic E-state index is 11.5. The van der Waals surface area contributed by atoms with Gasteiger partial charge >= 0.3 is 6.09 Å². The zero-order valence-electron chi connectivity index (χ0n) is 9.56. The molecule has 0 aliphatic carbocycles. The van der Waals surface area contributed by atoms with Gasteiger partial charge in [0.15, 0.2) is 0 Å². The van der Waals surface area contributed by atoms with Crippen LogP contribution in [0.15, 0.2) is 46.3 Å². The van der Waals surface area contributed by atoms with Crippen molar-refractivity contribution < 1.29 is 9.53 Å². The van der Waals surface area contributed by atoms with Gasteiger partial charge in [0.1, 0.15) is 5.75 Å². The number of hydrogen-bond donors (Lipinski definition) is 1. The molecule has 18 heavy (non-hydrogen) atoms. The van der Waals surface area contributed by atoms with Crippen LogP contribution in [0.25, 0.3) is 0 Å². The van der Waals surface area contributed by atoms with Crippen molar-refractivity contribution in [3.05, 3.63) is 51.1 Å². The van der Waals surface area contributed by atoms with Crippen molar-refractivity contribution in [1.82, 2.24) is 5.32 Å². The Bertz CT molecular complexity index is 513. The highest BCUT2D eigenvalue weighted by atomic mass is 79.9. The summed E-state index contributed by atoms with van der Waals surface area (Å²) in [4.78, 5) is 12.7. The van der Waals surface area contributed by atoms with Gasteiger partial charge in [-0.05, 0) is 46.6 Å². The van der Waals surface area contributed by atoms with Gasteiger partial charge in [-0.25, -0.2) is 4.79 Å². The van der Waals surface area contributed by atoms with Crippen molar-refractivity contribution in [1.29, 1.82) is 0 Å². The minimum absolute atomic E-state index is 0.420. The van der Waals surface area contributed by atoms with Gasteiger partial charge in [0.2, 0.25) is 0 Å². The number of hydrogen-bond acceptors (Lipinski definition) is 3. The molecule has 1 amide bonds.